The first-order valence-electron chi connectivity index (χ1n) is 9.04. The number of thiazole rings is 1. The maximum atomic E-state index is 12.3. The molecule has 0 atom stereocenters. The summed E-state index contributed by atoms with van der Waals surface area (Å²) in [5, 5.41) is 9.23. The van der Waals surface area contributed by atoms with Crippen molar-refractivity contribution in [1.29, 1.82) is 0 Å². The Morgan fingerprint density at radius 3 is 2.72 bits per heavy atom. The molecule has 8 nitrogen and oxygen atoms in total. The molecule has 9 heteroatoms. The Bertz CT molecular complexity index is 1140. The topological polar surface area (TPSA) is 105 Å². The summed E-state index contributed by atoms with van der Waals surface area (Å²) in [4.78, 5) is 29.2. The number of carbonyl (C=O) groups is 1. The van der Waals surface area contributed by atoms with Crippen LogP contribution in [-0.2, 0) is 0 Å². The number of fused-ring (bicyclic) bond motifs is 1. The highest BCUT2D eigenvalue weighted by Crippen LogP contribution is 2.19. The van der Waals surface area contributed by atoms with Gasteiger partial charge in [0.05, 0.1) is 15.7 Å². The minimum absolute atomic E-state index is 0.113. The lowest BCUT2D eigenvalue weighted by Gasteiger charge is -2.09. The number of rotatable bonds is 7. The minimum atomic E-state index is -0.113. The van der Waals surface area contributed by atoms with Crippen molar-refractivity contribution in [3.63, 3.8) is 0 Å². The zero-order valence-electron chi connectivity index (χ0n) is 15.7. The molecule has 0 aliphatic carbocycles. The van der Waals surface area contributed by atoms with Crippen LogP contribution in [0.2, 0.25) is 0 Å². The van der Waals surface area contributed by atoms with Crippen LogP contribution in [0.25, 0.3) is 10.2 Å². The summed E-state index contributed by atoms with van der Waals surface area (Å²) in [5.74, 6) is 1.91. The van der Waals surface area contributed by atoms with E-state index in [0.29, 0.717) is 30.3 Å². The van der Waals surface area contributed by atoms with Crippen molar-refractivity contribution < 1.29 is 4.79 Å². The Hall–Kier alpha value is -3.59. The third-order valence-corrected chi connectivity index (χ3v) is 4.94. The van der Waals surface area contributed by atoms with E-state index in [1.807, 2.05) is 31.2 Å². The molecule has 0 unspecified atom stereocenters. The van der Waals surface area contributed by atoms with E-state index in [1.54, 1.807) is 23.8 Å². The summed E-state index contributed by atoms with van der Waals surface area (Å²) in [6, 6.07) is 11.2. The second-order valence-corrected chi connectivity index (χ2v) is 7.24. The fourth-order valence-electron chi connectivity index (χ4n) is 2.72. The smallest absolute Gasteiger partial charge is 0.251 e. The summed E-state index contributed by atoms with van der Waals surface area (Å²) in [6.45, 7) is 3.00. The molecule has 4 aromatic rings. The summed E-state index contributed by atoms with van der Waals surface area (Å²) < 4.78 is 1.000. The van der Waals surface area contributed by atoms with Gasteiger partial charge in [0.25, 0.3) is 5.91 Å². The average Bonchev–Trinajstić information content (AvgIpc) is 3.19. The van der Waals surface area contributed by atoms with Crippen LogP contribution in [0.15, 0.2) is 54.4 Å². The van der Waals surface area contributed by atoms with Gasteiger partial charge in [0.1, 0.15) is 23.8 Å². The molecule has 146 valence electrons. The maximum absolute atomic E-state index is 12.3. The van der Waals surface area contributed by atoms with Crippen LogP contribution in [0.3, 0.4) is 0 Å². The van der Waals surface area contributed by atoms with Crippen LogP contribution < -0.4 is 16.0 Å². The minimum Gasteiger partial charge on any atom is -0.368 e. The largest absolute Gasteiger partial charge is 0.368 e. The number of nitrogens with one attached hydrogen (secondary N) is 3. The normalized spacial score (nSPS) is 10.7. The maximum Gasteiger partial charge on any atom is 0.251 e. The van der Waals surface area contributed by atoms with Crippen LogP contribution in [0.4, 0.5) is 17.5 Å². The van der Waals surface area contributed by atoms with Gasteiger partial charge < -0.3 is 16.0 Å². The van der Waals surface area contributed by atoms with Gasteiger partial charge >= 0.3 is 0 Å². The number of hydrogen-bond donors (Lipinski definition) is 3. The van der Waals surface area contributed by atoms with Crippen LogP contribution in [0.5, 0.6) is 0 Å². The second-order valence-electron chi connectivity index (χ2n) is 6.35. The van der Waals surface area contributed by atoms with Crippen LogP contribution in [0, 0.1) is 6.92 Å². The fraction of sp³-hybridized carbons (Fsp3) is 0.150. The first-order chi connectivity index (χ1) is 14.2. The number of aromatic nitrogens is 4. The number of benzene rings is 1. The summed E-state index contributed by atoms with van der Waals surface area (Å²) >= 11 is 1.52. The van der Waals surface area contributed by atoms with Gasteiger partial charge in [0.2, 0.25) is 0 Å². The molecule has 0 bridgehead atoms. The molecule has 3 aromatic heterocycles. The first kappa shape index (κ1) is 18.8. The van der Waals surface area contributed by atoms with Gasteiger partial charge in [-0.2, -0.15) is 0 Å². The molecule has 3 N–H and O–H groups in total. The van der Waals surface area contributed by atoms with E-state index < -0.39 is 0 Å². The highest BCUT2D eigenvalue weighted by molar-refractivity contribution is 7.16. The van der Waals surface area contributed by atoms with E-state index >= 15 is 0 Å². The van der Waals surface area contributed by atoms with E-state index in [4.69, 9.17) is 0 Å². The van der Waals surface area contributed by atoms with Crippen molar-refractivity contribution in [2.75, 3.05) is 23.7 Å². The number of aryl methyl sites for hydroxylation is 1. The van der Waals surface area contributed by atoms with Crippen molar-refractivity contribution in [3.05, 3.63) is 65.6 Å². The number of anilines is 3. The molecular formula is C20H19N7OS. The quantitative estimate of drug-likeness (QED) is 0.405. The lowest BCUT2D eigenvalue weighted by atomic mass is 10.2. The van der Waals surface area contributed by atoms with E-state index in [-0.39, 0.29) is 5.91 Å². The lowest BCUT2D eigenvalue weighted by molar-refractivity contribution is 0.0955. The molecule has 4 rings (SSSR count). The molecule has 0 fully saturated rings. The van der Waals surface area contributed by atoms with Crippen LogP contribution in [-0.4, -0.2) is 38.9 Å². The fourth-order valence-corrected chi connectivity index (χ4v) is 3.44. The number of amides is 1. The predicted molar refractivity (Wildman–Crippen MR) is 115 cm³/mol. The molecule has 29 heavy (non-hydrogen) atoms. The molecule has 1 aromatic carbocycles. The molecule has 0 spiro atoms. The average molecular weight is 405 g/mol. The number of carbonyl (C=O) groups excluding carboxylic acids is 1. The summed E-state index contributed by atoms with van der Waals surface area (Å²) in [6.07, 6.45) is 3.22. The van der Waals surface area contributed by atoms with Crippen molar-refractivity contribution in [1.82, 2.24) is 25.3 Å². The van der Waals surface area contributed by atoms with Gasteiger partial charge in [-0.1, -0.05) is 0 Å². The Labute approximate surface area is 171 Å². The van der Waals surface area contributed by atoms with E-state index in [1.165, 1.54) is 17.7 Å². The summed E-state index contributed by atoms with van der Waals surface area (Å²) in [7, 11) is 0. The van der Waals surface area contributed by atoms with Crippen molar-refractivity contribution in [3.8, 4) is 0 Å². The third kappa shape index (κ3) is 4.82. The van der Waals surface area contributed by atoms with Crippen molar-refractivity contribution >= 4 is 44.9 Å². The van der Waals surface area contributed by atoms with E-state index in [0.717, 1.165) is 21.6 Å². The number of nitrogens with zero attached hydrogens (tertiary/aromatic N) is 4. The Morgan fingerprint density at radius 1 is 0.966 bits per heavy atom. The third-order valence-electron chi connectivity index (χ3n) is 4.15. The van der Waals surface area contributed by atoms with Crippen LogP contribution in [0.1, 0.15) is 15.9 Å². The molecule has 1 amide bonds. The first-order valence-corrected chi connectivity index (χ1v) is 9.92. The van der Waals surface area contributed by atoms with Crippen molar-refractivity contribution in [2.45, 2.75) is 6.92 Å². The molecular weight excluding hydrogens is 386 g/mol. The number of pyridine rings is 1. The standard InChI is InChI=1S/C20H19N7OS/c1-13-4-5-21-18(8-13)27-19-10-17(24-11-25-19)22-6-7-23-20(28)14-2-3-15-16(9-14)29-12-26-15/h2-5,8-12H,6-7H2,1H3,(H,23,28)(H2,21,22,24,25,27). The molecule has 0 aliphatic rings. The molecule has 0 saturated carbocycles. The Morgan fingerprint density at radius 2 is 1.83 bits per heavy atom. The van der Waals surface area contributed by atoms with Gasteiger partial charge in [-0.3, -0.25) is 4.79 Å². The number of hydrogen-bond acceptors (Lipinski definition) is 8. The SMILES string of the molecule is Cc1ccnc(Nc2cc(NCCNC(=O)c3ccc4ncsc4c3)ncn2)c1. The highest BCUT2D eigenvalue weighted by atomic mass is 32.1. The van der Waals surface area contributed by atoms with Crippen LogP contribution >= 0.6 is 11.3 Å². The molecule has 3 heterocycles. The zero-order chi connectivity index (χ0) is 20.1. The van der Waals surface area contributed by atoms with Gasteiger partial charge in [0, 0.05) is 30.9 Å². The van der Waals surface area contributed by atoms with E-state index in [2.05, 4.69) is 35.9 Å². The van der Waals surface area contributed by atoms with Gasteiger partial charge in [-0.15, -0.1) is 11.3 Å². The Balaban J connectivity index is 1.28. The van der Waals surface area contributed by atoms with Gasteiger partial charge in [-0.25, -0.2) is 19.9 Å². The molecule has 0 aliphatic heterocycles. The monoisotopic (exact) mass is 405 g/mol. The molecule has 0 radical (unpaired) electrons. The van der Waals surface area contributed by atoms with Crippen molar-refractivity contribution in [2.24, 2.45) is 0 Å². The summed E-state index contributed by atoms with van der Waals surface area (Å²) in [5.41, 5.74) is 4.42. The zero-order valence-corrected chi connectivity index (χ0v) is 16.5. The lowest BCUT2D eigenvalue weighted by Crippen LogP contribution is -2.28. The molecule has 0 saturated heterocycles. The van der Waals surface area contributed by atoms with E-state index in [9.17, 15) is 4.79 Å². The highest BCUT2D eigenvalue weighted by Gasteiger charge is 2.07. The van der Waals surface area contributed by atoms with Gasteiger partial charge in [-0.05, 0) is 42.8 Å². The predicted octanol–water partition coefficient (Wildman–Crippen LogP) is 3.38. The van der Waals surface area contributed by atoms with Gasteiger partial charge in [0.15, 0.2) is 0 Å². The second kappa shape index (κ2) is 8.61. The Kier molecular flexibility index (Phi) is 5.57.